The lowest BCUT2D eigenvalue weighted by atomic mass is 10.2. The molecule has 1 aromatic rings. The number of aromatic nitrogens is 1. The van der Waals surface area contributed by atoms with E-state index in [0.717, 1.165) is 17.9 Å². The molecule has 0 saturated carbocycles. The Labute approximate surface area is 102 Å². The molecule has 0 bridgehead atoms. The van der Waals surface area contributed by atoms with Crippen LogP contribution in [0.1, 0.15) is 13.8 Å². The highest BCUT2D eigenvalue weighted by molar-refractivity contribution is 5.79. The van der Waals surface area contributed by atoms with Gasteiger partial charge in [-0.3, -0.25) is 9.78 Å². The first-order valence-electron chi connectivity index (χ1n) is 5.69. The molecule has 0 aliphatic heterocycles. The molecule has 5 heteroatoms. The van der Waals surface area contributed by atoms with E-state index >= 15 is 0 Å². The van der Waals surface area contributed by atoms with E-state index in [1.807, 2.05) is 18.0 Å². The summed E-state index contributed by atoms with van der Waals surface area (Å²) in [5.41, 5.74) is 7.08. The number of rotatable bonds is 6. The maximum Gasteiger partial charge on any atom is 0.236 e. The minimum Gasteiger partial charge on any atom is -0.387 e. The average molecular weight is 236 g/mol. The van der Waals surface area contributed by atoms with Crippen molar-refractivity contribution in [2.45, 2.75) is 13.8 Å². The summed E-state index contributed by atoms with van der Waals surface area (Å²) in [7, 11) is 1.83. The number of nitrogens with one attached hydrogen (secondary N) is 1. The maximum absolute atomic E-state index is 11.1. The first-order valence-corrected chi connectivity index (χ1v) is 5.69. The number of hydrogen-bond donors (Lipinski definition) is 2. The molecule has 1 rings (SSSR count). The SMILES string of the molecule is CNc1cncc(N(CC(N)=O)CC(C)C)c1. The summed E-state index contributed by atoms with van der Waals surface area (Å²) in [6.45, 7) is 5.19. The van der Waals surface area contributed by atoms with Gasteiger partial charge in [0.25, 0.3) is 0 Å². The zero-order valence-corrected chi connectivity index (χ0v) is 10.6. The van der Waals surface area contributed by atoms with Crippen molar-refractivity contribution in [1.29, 1.82) is 0 Å². The number of primary amides is 1. The number of carbonyl (C=O) groups is 1. The Balaban J connectivity index is 2.90. The van der Waals surface area contributed by atoms with Gasteiger partial charge in [-0.2, -0.15) is 0 Å². The van der Waals surface area contributed by atoms with E-state index in [2.05, 4.69) is 24.1 Å². The van der Waals surface area contributed by atoms with Crippen LogP contribution in [0.3, 0.4) is 0 Å². The van der Waals surface area contributed by atoms with E-state index in [1.165, 1.54) is 0 Å². The van der Waals surface area contributed by atoms with Crippen molar-refractivity contribution < 1.29 is 4.79 Å². The van der Waals surface area contributed by atoms with Crippen LogP contribution in [0, 0.1) is 5.92 Å². The molecule has 0 aromatic carbocycles. The molecule has 1 aromatic heterocycles. The lowest BCUT2D eigenvalue weighted by molar-refractivity contribution is -0.116. The second kappa shape index (κ2) is 6.08. The molecular formula is C12H20N4O. The van der Waals surface area contributed by atoms with Gasteiger partial charge in [-0.25, -0.2) is 0 Å². The summed E-state index contributed by atoms with van der Waals surface area (Å²) in [6.07, 6.45) is 3.48. The van der Waals surface area contributed by atoms with Crippen molar-refractivity contribution in [3.8, 4) is 0 Å². The van der Waals surface area contributed by atoms with Crippen LogP contribution in [0.5, 0.6) is 0 Å². The van der Waals surface area contributed by atoms with Crippen LogP contribution < -0.4 is 16.0 Å². The van der Waals surface area contributed by atoms with Gasteiger partial charge in [0.1, 0.15) is 0 Å². The molecule has 0 unspecified atom stereocenters. The van der Waals surface area contributed by atoms with Crippen LogP contribution in [0.2, 0.25) is 0 Å². The van der Waals surface area contributed by atoms with Crippen molar-refractivity contribution in [2.24, 2.45) is 11.7 Å². The van der Waals surface area contributed by atoms with Crippen molar-refractivity contribution in [1.82, 2.24) is 4.98 Å². The van der Waals surface area contributed by atoms with Crippen LogP contribution in [0.25, 0.3) is 0 Å². The number of hydrogen-bond acceptors (Lipinski definition) is 4. The van der Waals surface area contributed by atoms with Gasteiger partial charge in [-0.05, 0) is 12.0 Å². The molecule has 94 valence electrons. The Morgan fingerprint density at radius 3 is 2.76 bits per heavy atom. The first kappa shape index (κ1) is 13.3. The van der Waals surface area contributed by atoms with E-state index in [4.69, 9.17) is 5.73 Å². The summed E-state index contributed by atoms with van der Waals surface area (Å²) in [4.78, 5) is 17.1. The van der Waals surface area contributed by atoms with Crippen molar-refractivity contribution in [3.05, 3.63) is 18.5 Å². The third-order valence-corrected chi connectivity index (χ3v) is 2.31. The third-order valence-electron chi connectivity index (χ3n) is 2.31. The Morgan fingerprint density at radius 1 is 1.53 bits per heavy atom. The van der Waals surface area contributed by atoms with E-state index in [-0.39, 0.29) is 12.5 Å². The van der Waals surface area contributed by atoms with Crippen LogP contribution in [0.4, 0.5) is 11.4 Å². The largest absolute Gasteiger partial charge is 0.387 e. The smallest absolute Gasteiger partial charge is 0.236 e. The standard InChI is InChI=1S/C12H20N4O/c1-9(2)7-16(8-12(13)17)11-4-10(14-3)5-15-6-11/h4-6,9,14H,7-8H2,1-3H3,(H2,13,17). The van der Waals surface area contributed by atoms with Crippen LogP contribution in [-0.4, -0.2) is 31.0 Å². The Bertz CT molecular complexity index is 379. The minimum absolute atomic E-state index is 0.215. The van der Waals surface area contributed by atoms with Crippen LogP contribution in [-0.2, 0) is 4.79 Å². The molecule has 17 heavy (non-hydrogen) atoms. The highest BCUT2D eigenvalue weighted by Crippen LogP contribution is 2.18. The van der Waals surface area contributed by atoms with E-state index in [0.29, 0.717) is 5.92 Å². The Hall–Kier alpha value is -1.78. The molecule has 1 heterocycles. The molecule has 1 amide bonds. The van der Waals surface area contributed by atoms with E-state index in [1.54, 1.807) is 12.4 Å². The second-order valence-electron chi connectivity index (χ2n) is 4.42. The highest BCUT2D eigenvalue weighted by Gasteiger charge is 2.11. The predicted octanol–water partition coefficient (Wildman–Crippen LogP) is 1.07. The average Bonchev–Trinajstić information content (AvgIpc) is 2.27. The number of anilines is 2. The van der Waals surface area contributed by atoms with Crippen molar-refractivity contribution >= 4 is 17.3 Å². The summed E-state index contributed by atoms with van der Waals surface area (Å²) in [5, 5.41) is 3.02. The van der Waals surface area contributed by atoms with Gasteiger partial charge >= 0.3 is 0 Å². The third kappa shape index (κ3) is 4.30. The highest BCUT2D eigenvalue weighted by atomic mass is 16.1. The topological polar surface area (TPSA) is 71.2 Å². The number of nitrogens with zero attached hydrogens (tertiary/aromatic N) is 2. The summed E-state index contributed by atoms with van der Waals surface area (Å²) in [5.74, 6) is 0.119. The zero-order valence-electron chi connectivity index (χ0n) is 10.6. The second-order valence-corrected chi connectivity index (χ2v) is 4.42. The Kier molecular flexibility index (Phi) is 4.75. The zero-order chi connectivity index (χ0) is 12.8. The molecule has 0 atom stereocenters. The van der Waals surface area contributed by atoms with E-state index in [9.17, 15) is 4.79 Å². The molecular weight excluding hydrogens is 216 g/mol. The fraction of sp³-hybridized carbons (Fsp3) is 0.500. The van der Waals surface area contributed by atoms with Gasteiger partial charge in [-0.15, -0.1) is 0 Å². The normalized spacial score (nSPS) is 10.4. The molecule has 0 fully saturated rings. The molecule has 0 aliphatic rings. The van der Waals surface area contributed by atoms with Gasteiger partial charge in [0.15, 0.2) is 0 Å². The maximum atomic E-state index is 11.1. The van der Waals surface area contributed by atoms with Crippen LogP contribution >= 0.6 is 0 Å². The summed E-state index contributed by atoms with van der Waals surface area (Å²) >= 11 is 0. The molecule has 0 aliphatic carbocycles. The first-order chi connectivity index (χ1) is 8.02. The number of carbonyl (C=O) groups excluding carboxylic acids is 1. The summed E-state index contributed by atoms with van der Waals surface area (Å²) < 4.78 is 0. The molecule has 5 nitrogen and oxygen atoms in total. The number of pyridine rings is 1. The number of nitrogens with two attached hydrogens (primary N) is 1. The van der Waals surface area contributed by atoms with E-state index < -0.39 is 0 Å². The van der Waals surface area contributed by atoms with Gasteiger partial charge in [-0.1, -0.05) is 13.8 Å². The lowest BCUT2D eigenvalue weighted by Gasteiger charge is -2.25. The minimum atomic E-state index is -0.333. The lowest BCUT2D eigenvalue weighted by Crippen LogP contribution is -2.36. The Morgan fingerprint density at radius 2 is 2.24 bits per heavy atom. The monoisotopic (exact) mass is 236 g/mol. The van der Waals surface area contributed by atoms with Gasteiger partial charge in [0.2, 0.25) is 5.91 Å². The van der Waals surface area contributed by atoms with Crippen molar-refractivity contribution in [2.75, 3.05) is 30.4 Å². The van der Waals surface area contributed by atoms with Gasteiger partial charge in [0, 0.05) is 13.6 Å². The van der Waals surface area contributed by atoms with Gasteiger partial charge in [0.05, 0.1) is 30.3 Å². The van der Waals surface area contributed by atoms with Crippen molar-refractivity contribution in [3.63, 3.8) is 0 Å². The molecule has 0 spiro atoms. The summed E-state index contributed by atoms with van der Waals surface area (Å²) in [6, 6.07) is 1.96. The fourth-order valence-electron chi connectivity index (χ4n) is 1.63. The quantitative estimate of drug-likeness (QED) is 0.775. The molecule has 0 radical (unpaired) electrons. The van der Waals surface area contributed by atoms with Crippen LogP contribution in [0.15, 0.2) is 18.5 Å². The fourth-order valence-corrected chi connectivity index (χ4v) is 1.63. The predicted molar refractivity (Wildman–Crippen MR) is 70.0 cm³/mol. The van der Waals surface area contributed by atoms with Gasteiger partial charge < -0.3 is 16.0 Å². The number of amides is 1. The molecule has 0 saturated heterocycles. The molecule has 3 N–H and O–H groups in total.